The molecule has 1 aromatic heterocycles. The first kappa shape index (κ1) is 20.7. The van der Waals surface area contributed by atoms with Crippen LogP contribution in [0.4, 0.5) is 0 Å². The molecular weight excluding hydrogens is 346 g/mol. The number of hydrogen-bond acceptors (Lipinski definition) is 4. The molecular formula is C21H31NO3S. The number of thioether (sulfide) groups is 1. The van der Waals surface area contributed by atoms with E-state index in [-0.39, 0.29) is 16.5 Å². The van der Waals surface area contributed by atoms with Crippen LogP contribution in [0.25, 0.3) is 10.9 Å². The number of esters is 1. The van der Waals surface area contributed by atoms with Gasteiger partial charge >= 0.3 is 5.97 Å². The number of carbonyl (C=O) groups is 1. The molecule has 0 spiro atoms. The highest BCUT2D eigenvalue weighted by Gasteiger charge is 2.33. The molecule has 4 nitrogen and oxygen atoms in total. The van der Waals surface area contributed by atoms with Gasteiger partial charge in [-0.15, -0.1) is 11.8 Å². The summed E-state index contributed by atoms with van der Waals surface area (Å²) >= 11 is 1.78. The fourth-order valence-corrected chi connectivity index (χ4v) is 4.32. The SMILES string of the molecule is CCOC(=O)C(C)(C)Cc1c(SC(C)(C)C)c2cc(O)ccc2n1CC. The molecule has 0 aliphatic heterocycles. The molecule has 0 saturated heterocycles. The van der Waals surface area contributed by atoms with Crippen LogP contribution in [0.5, 0.6) is 5.75 Å². The minimum Gasteiger partial charge on any atom is -0.508 e. The number of rotatable bonds is 6. The Hall–Kier alpha value is -1.62. The number of fused-ring (bicyclic) bond motifs is 1. The van der Waals surface area contributed by atoms with Gasteiger partial charge < -0.3 is 14.4 Å². The molecule has 0 aliphatic rings. The van der Waals surface area contributed by atoms with Crippen molar-refractivity contribution in [3.63, 3.8) is 0 Å². The summed E-state index contributed by atoms with van der Waals surface area (Å²) in [4.78, 5) is 13.6. The van der Waals surface area contributed by atoms with Crippen LogP contribution in [0, 0.1) is 5.41 Å². The summed E-state index contributed by atoms with van der Waals surface area (Å²) in [5, 5.41) is 11.1. The van der Waals surface area contributed by atoms with E-state index >= 15 is 0 Å². The molecule has 2 rings (SSSR count). The first-order valence-corrected chi connectivity index (χ1v) is 10.0. The van der Waals surface area contributed by atoms with Gasteiger partial charge in [-0.3, -0.25) is 4.79 Å². The third kappa shape index (κ3) is 4.37. The van der Waals surface area contributed by atoms with Gasteiger partial charge in [-0.05, 0) is 45.9 Å². The van der Waals surface area contributed by atoms with Gasteiger partial charge in [0.05, 0.1) is 12.0 Å². The lowest BCUT2D eigenvalue weighted by Crippen LogP contribution is -2.30. The number of phenolic OH excluding ortho intramolecular Hbond substituents is 1. The van der Waals surface area contributed by atoms with Crippen molar-refractivity contribution >= 4 is 28.6 Å². The number of aromatic hydroxyl groups is 1. The van der Waals surface area contributed by atoms with E-state index in [1.165, 1.54) is 0 Å². The van der Waals surface area contributed by atoms with E-state index in [0.29, 0.717) is 13.0 Å². The predicted octanol–water partition coefficient (Wildman–Crippen LogP) is 5.39. The Morgan fingerprint density at radius 2 is 1.85 bits per heavy atom. The third-order valence-electron chi connectivity index (χ3n) is 4.27. The standard InChI is InChI=1S/C21H31NO3S/c1-8-22-16-11-10-14(23)12-15(16)18(26-20(3,4)5)17(22)13-21(6,7)19(24)25-9-2/h10-12,23H,8-9,13H2,1-7H3. The number of aromatic nitrogens is 1. The third-order valence-corrected chi connectivity index (χ3v) is 5.54. The van der Waals surface area contributed by atoms with Crippen LogP contribution >= 0.6 is 11.8 Å². The maximum absolute atomic E-state index is 12.5. The minimum atomic E-state index is -0.619. The zero-order chi connectivity index (χ0) is 19.7. The average molecular weight is 378 g/mol. The highest BCUT2D eigenvalue weighted by Crippen LogP contribution is 2.43. The smallest absolute Gasteiger partial charge is 0.311 e. The fraction of sp³-hybridized carbons (Fsp3) is 0.571. The maximum Gasteiger partial charge on any atom is 0.311 e. The number of hydrogen-bond donors (Lipinski definition) is 1. The summed E-state index contributed by atoms with van der Waals surface area (Å²) in [5.74, 6) is 0.0835. The quantitative estimate of drug-likeness (QED) is 0.542. The molecule has 144 valence electrons. The summed E-state index contributed by atoms with van der Waals surface area (Å²) in [5.41, 5.74) is 1.60. The summed E-state index contributed by atoms with van der Waals surface area (Å²) in [6, 6.07) is 5.51. The van der Waals surface area contributed by atoms with Crippen molar-refractivity contribution in [3.05, 3.63) is 23.9 Å². The molecule has 0 bridgehead atoms. The van der Waals surface area contributed by atoms with Crippen molar-refractivity contribution in [2.75, 3.05) is 6.61 Å². The van der Waals surface area contributed by atoms with E-state index in [1.807, 2.05) is 32.9 Å². The lowest BCUT2D eigenvalue weighted by atomic mass is 9.87. The Morgan fingerprint density at radius 1 is 1.19 bits per heavy atom. The fourth-order valence-electron chi connectivity index (χ4n) is 3.14. The zero-order valence-electron chi connectivity index (χ0n) is 17.0. The number of benzene rings is 1. The second-order valence-corrected chi connectivity index (χ2v) is 10.1. The number of carbonyl (C=O) groups excluding carboxylic acids is 1. The van der Waals surface area contributed by atoms with Crippen LogP contribution in [-0.4, -0.2) is 27.0 Å². The highest BCUT2D eigenvalue weighted by molar-refractivity contribution is 8.00. The Morgan fingerprint density at radius 3 is 2.38 bits per heavy atom. The summed E-state index contributed by atoms with van der Waals surface area (Å²) in [6.07, 6.45) is 0.591. The van der Waals surface area contributed by atoms with Gasteiger partial charge in [0.25, 0.3) is 0 Å². The normalized spacial score (nSPS) is 12.6. The molecule has 0 fully saturated rings. The van der Waals surface area contributed by atoms with Crippen LogP contribution in [-0.2, 0) is 22.5 Å². The van der Waals surface area contributed by atoms with Crippen molar-refractivity contribution in [1.29, 1.82) is 0 Å². The van der Waals surface area contributed by atoms with Gasteiger partial charge in [0, 0.05) is 39.2 Å². The van der Waals surface area contributed by atoms with Crippen molar-refractivity contribution in [2.45, 2.75) is 71.1 Å². The number of nitrogens with zero attached hydrogens (tertiary/aromatic N) is 1. The van der Waals surface area contributed by atoms with Crippen LogP contribution < -0.4 is 0 Å². The van der Waals surface area contributed by atoms with E-state index < -0.39 is 5.41 Å². The molecule has 1 heterocycles. The van der Waals surface area contributed by atoms with Gasteiger partial charge in [-0.25, -0.2) is 0 Å². The minimum absolute atomic E-state index is 0.0150. The van der Waals surface area contributed by atoms with E-state index in [0.717, 1.165) is 28.0 Å². The molecule has 0 amide bonds. The van der Waals surface area contributed by atoms with Crippen LogP contribution in [0.15, 0.2) is 23.1 Å². The van der Waals surface area contributed by atoms with Crippen LogP contribution in [0.3, 0.4) is 0 Å². The molecule has 0 saturated carbocycles. The van der Waals surface area contributed by atoms with Crippen LogP contribution in [0.2, 0.25) is 0 Å². The van der Waals surface area contributed by atoms with Gasteiger partial charge in [-0.2, -0.15) is 0 Å². The van der Waals surface area contributed by atoms with E-state index in [2.05, 4.69) is 32.3 Å². The molecule has 1 aromatic carbocycles. The average Bonchev–Trinajstić information content (AvgIpc) is 2.78. The Balaban J connectivity index is 2.66. The van der Waals surface area contributed by atoms with Crippen LogP contribution in [0.1, 0.15) is 54.2 Å². The number of aryl methyl sites for hydroxylation is 1. The molecule has 0 aliphatic carbocycles. The van der Waals surface area contributed by atoms with Crippen molar-refractivity contribution in [1.82, 2.24) is 4.57 Å². The van der Waals surface area contributed by atoms with E-state index in [1.54, 1.807) is 17.8 Å². The number of ether oxygens (including phenoxy) is 1. The van der Waals surface area contributed by atoms with Crippen molar-refractivity contribution < 1.29 is 14.6 Å². The molecule has 1 N–H and O–H groups in total. The van der Waals surface area contributed by atoms with Gasteiger partial charge in [-0.1, -0.05) is 20.8 Å². The molecule has 0 radical (unpaired) electrons. The van der Waals surface area contributed by atoms with Crippen molar-refractivity contribution in [3.8, 4) is 5.75 Å². The monoisotopic (exact) mass is 377 g/mol. The predicted molar refractivity (Wildman–Crippen MR) is 109 cm³/mol. The molecule has 0 atom stereocenters. The molecule has 0 unspecified atom stereocenters. The summed E-state index contributed by atoms with van der Waals surface area (Å²) < 4.78 is 7.56. The Labute approximate surface area is 160 Å². The molecule has 2 aromatic rings. The first-order valence-electron chi connectivity index (χ1n) is 9.20. The van der Waals surface area contributed by atoms with Gasteiger partial charge in [0.2, 0.25) is 0 Å². The number of phenols is 1. The highest BCUT2D eigenvalue weighted by atomic mass is 32.2. The van der Waals surface area contributed by atoms with Crippen molar-refractivity contribution in [2.24, 2.45) is 5.41 Å². The molecule has 5 heteroatoms. The Kier molecular flexibility index (Phi) is 6.01. The maximum atomic E-state index is 12.5. The summed E-state index contributed by atoms with van der Waals surface area (Å²) in [6.45, 7) is 15.5. The lowest BCUT2D eigenvalue weighted by Gasteiger charge is -2.25. The Bertz CT molecular complexity index is 800. The van der Waals surface area contributed by atoms with Gasteiger partial charge in [0.1, 0.15) is 5.75 Å². The zero-order valence-corrected chi connectivity index (χ0v) is 17.8. The molecule has 26 heavy (non-hydrogen) atoms. The second kappa shape index (κ2) is 7.55. The van der Waals surface area contributed by atoms with E-state index in [9.17, 15) is 9.90 Å². The van der Waals surface area contributed by atoms with E-state index in [4.69, 9.17) is 4.74 Å². The first-order chi connectivity index (χ1) is 12.0. The topological polar surface area (TPSA) is 51.5 Å². The largest absolute Gasteiger partial charge is 0.508 e. The second-order valence-electron chi connectivity index (χ2n) is 8.22. The lowest BCUT2D eigenvalue weighted by molar-refractivity contribution is -0.153. The van der Waals surface area contributed by atoms with Gasteiger partial charge in [0.15, 0.2) is 0 Å². The summed E-state index contributed by atoms with van der Waals surface area (Å²) in [7, 11) is 0.